The molecule has 38 heavy (non-hydrogen) atoms. The number of fused-ring (bicyclic) bond motifs is 1. The minimum atomic E-state index is -0.858. The molecule has 3 heterocycles. The van der Waals surface area contributed by atoms with Crippen LogP contribution >= 0.6 is 0 Å². The molecule has 0 spiro atoms. The fourth-order valence-electron chi connectivity index (χ4n) is 4.98. The number of hydrogen-bond acceptors (Lipinski definition) is 7. The second kappa shape index (κ2) is 10.7. The van der Waals surface area contributed by atoms with Crippen molar-refractivity contribution in [3.8, 4) is 17.2 Å². The number of aliphatic hydroxyl groups excluding tert-OH is 1. The molecular weight excluding hydrogens is 486 g/mol. The minimum absolute atomic E-state index is 0.0122. The molecule has 0 bridgehead atoms. The first kappa shape index (κ1) is 25.4. The Bertz CT molecular complexity index is 1380. The predicted molar refractivity (Wildman–Crippen MR) is 140 cm³/mol. The molecule has 0 saturated carbocycles. The van der Waals surface area contributed by atoms with Crippen molar-refractivity contribution in [2.75, 3.05) is 13.2 Å². The molecule has 0 aliphatic carbocycles. The van der Waals surface area contributed by atoms with Gasteiger partial charge in [-0.05, 0) is 73.9 Å². The zero-order valence-electron chi connectivity index (χ0n) is 21.7. The van der Waals surface area contributed by atoms with Crippen molar-refractivity contribution < 1.29 is 33.3 Å². The molecule has 2 atom stereocenters. The van der Waals surface area contributed by atoms with Crippen LogP contribution in [-0.2, 0) is 22.6 Å². The molecule has 1 fully saturated rings. The van der Waals surface area contributed by atoms with Crippen LogP contribution in [0.15, 0.2) is 64.8 Å². The predicted octanol–water partition coefficient (Wildman–Crippen LogP) is 5.41. The average Bonchev–Trinajstić information content (AvgIpc) is 3.62. The van der Waals surface area contributed by atoms with Gasteiger partial charge >= 0.3 is 0 Å². The van der Waals surface area contributed by atoms with E-state index in [2.05, 4.69) is 0 Å². The summed E-state index contributed by atoms with van der Waals surface area (Å²) in [5.74, 6) is 0.658. The summed E-state index contributed by atoms with van der Waals surface area (Å²) < 4.78 is 23.0. The van der Waals surface area contributed by atoms with Gasteiger partial charge in [-0.2, -0.15) is 0 Å². The smallest absolute Gasteiger partial charge is 0.296 e. The summed E-state index contributed by atoms with van der Waals surface area (Å²) in [5.41, 5.74) is 2.02. The fourth-order valence-corrected chi connectivity index (χ4v) is 4.98. The number of Topliss-reactive ketones (excluding diaryl/α,β-unsaturated/α-hetero) is 1. The van der Waals surface area contributed by atoms with Crippen LogP contribution in [0.25, 0.3) is 5.76 Å². The molecule has 8 nitrogen and oxygen atoms in total. The van der Waals surface area contributed by atoms with Gasteiger partial charge in [0.05, 0.1) is 37.6 Å². The monoisotopic (exact) mass is 517 g/mol. The Hall–Kier alpha value is -4.20. The van der Waals surface area contributed by atoms with E-state index < -0.39 is 17.7 Å². The van der Waals surface area contributed by atoms with Crippen LogP contribution in [0, 0.1) is 0 Å². The van der Waals surface area contributed by atoms with Crippen molar-refractivity contribution in [2.45, 2.75) is 52.3 Å². The lowest BCUT2D eigenvalue weighted by molar-refractivity contribution is -0.140. The maximum atomic E-state index is 13.4. The number of ketones is 1. The summed E-state index contributed by atoms with van der Waals surface area (Å²) >= 11 is 0. The molecule has 198 valence electrons. The van der Waals surface area contributed by atoms with E-state index in [1.807, 2.05) is 26.8 Å². The summed E-state index contributed by atoms with van der Waals surface area (Å²) in [6.07, 6.45) is 3.08. The third-order valence-electron chi connectivity index (χ3n) is 6.66. The molecule has 8 heteroatoms. The van der Waals surface area contributed by atoms with Crippen LogP contribution in [0.1, 0.15) is 55.7 Å². The number of likely N-dealkylation sites (tertiary alicyclic amines) is 1. The first-order chi connectivity index (χ1) is 18.4. The van der Waals surface area contributed by atoms with E-state index in [1.165, 1.54) is 11.2 Å². The largest absolute Gasteiger partial charge is 0.507 e. The van der Waals surface area contributed by atoms with Crippen molar-refractivity contribution >= 4 is 17.4 Å². The quantitative estimate of drug-likeness (QED) is 0.230. The van der Waals surface area contributed by atoms with Gasteiger partial charge in [0, 0.05) is 12.0 Å². The standard InChI is InChI=1S/C30H31NO7/c1-4-12-37-24-11-8-19(16-25(24)35-5-2)27-26(29(33)30(34)31(27)17-22-7-6-13-36-22)28(32)20-9-10-23-21(15-20)14-18(3)38-23/h6-11,13,15-16,18,27,32H,4-5,12,14,17H2,1-3H3/b28-26-. The van der Waals surface area contributed by atoms with Crippen LogP contribution in [0.3, 0.4) is 0 Å². The molecule has 3 aromatic rings. The number of carbonyl (C=O) groups is 2. The van der Waals surface area contributed by atoms with Gasteiger partial charge in [0.25, 0.3) is 11.7 Å². The zero-order chi connectivity index (χ0) is 26.8. The highest BCUT2D eigenvalue weighted by atomic mass is 16.5. The lowest BCUT2D eigenvalue weighted by atomic mass is 9.94. The van der Waals surface area contributed by atoms with Crippen molar-refractivity contribution in [1.82, 2.24) is 4.90 Å². The van der Waals surface area contributed by atoms with Gasteiger partial charge in [-0.3, -0.25) is 9.59 Å². The summed E-state index contributed by atoms with van der Waals surface area (Å²) in [7, 11) is 0. The number of carbonyl (C=O) groups excluding carboxylic acids is 2. The van der Waals surface area contributed by atoms with Crippen molar-refractivity contribution in [3.05, 3.63) is 82.8 Å². The molecule has 1 saturated heterocycles. The Balaban J connectivity index is 1.63. The van der Waals surface area contributed by atoms with Crippen LogP contribution in [0.2, 0.25) is 0 Å². The summed E-state index contributed by atoms with van der Waals surface area (Å²) in [4.78, 5) is 28.2. The Morgan fingerprint density at radius 2 is 1.92 bits per heavy atom. The van der Waals surface area contributed by atoms with Gasteiger partial charge in [-0.15, -0.1) is 0 Å². The number of hydrogen-bond donors (Lipinski definition) is 1. The number of amides is 1. The molecule has 2 aliphatic rings. The Morgan fingerprint density at radius 1 is 1.08 bits per heavy atom. The van der Waals surface area contributed by atoms with E-state index in [4.69, 9.17) is 18.6 Å². The highest BCUT2D eigenvalue weighted by Crippen LogP contribution is 2.43. The number of benzene rings is 2. The highest BCUT2D eigenvalue weighted by Gasteiger charge is 2.46. The second-order valence-electron chi connectivity index (χ2n) is 9.45. The normalized spacial score (nSPS) is 19.9. The number of aliphatic hydroxyl groups is 1. The van der Waals surface area contributed by atoms with E-state index in [9.17, 15) is 14.7 Å². The molecule has 1 aromatic heterocycles. The van der Waals surface area contributed by atoms with Crippen LogP contribution in [0.5, 0.6) is 17.2 Å². The van der Waals surface area contributed by atoms with Crippen molar-refractivity contribution in [1.29, 1.82) is 0 Å². The molecule has 2 aliphatic heterocycles. The number of rotatable bonds is 9. The van der Waals surface area contributed by atoms with Gasteiger partial charge in [0.15, 0.2) is 11.5 Å². The topological polar surface area (TPSA) is 98.4 Å². The highest BCUT2D eigenvalue weighted by molar-refractivity contribution is 6.46. The first-order valence-corrected chi connectivity index (χ1v) is 12.9. The molecule has 2 unspecified atom stereocenters. The Morgan fingerprint density at radius 3 is 2.66 bits per heavy atom. The summed E-state index contributed by atoms with van der Waals surface area (Å²) in [5, 5.41) is 11.5. The van der Waals surface area contributed by atoms with Gasteiger partial charge in [0.1, 0.15) is 23.4 Å². The van der Waals surface area contributed by atoms with Crippen molar-refractivity contribution in [2.24, 2.45) is 0 Å². The molecule has 1 N–H and O–H groups in total. The van der Waals surface area contributed by atoms with Gasteiger partial charge in [-0.1, -0.05) is 13.0 Å². The Labute approximate surface area is 221 Å². The molecule has 0 radical (unpaired) electrons. The fraction of sp³-hybridized carbons (Fsp3) is 0.333. The van der Waals surface area contributed by atoms with Crippen LogP contribution in [-0.4, -0.2) is 41.0 Å². The SMILES string of the molecule is CCCOc1ccc(C2/C(=C(/O)c3ccc4c(c3)CC(C)O4)C(=O)C(=O)N2Cc2ccco2)cc1OCC. The maximum absolute atomic E-state index is 13.4. The number of furan rings is 1. The van der Waals surface area contributed by atoms with E-state index in [0.717, 1.165) is 17.7 Å². The lowest BCUT2D eigenvalue weighted by Gasteiger charge is -2.25. The summed E-state index contributed by atoms with van der Waals surface area (Å²) in [6, 6.07) is 13.3. The molecular formula is C30H31NO7. The van der Waals surface area contributed by atoms with E-state index >= 15 is 0 Å². The van der Waals surface area contributed by atoms with Gasteiger partial charge in [-0.25, -0.2) is 0 Å². The first-order valence-electron chi connectivity index (χ1n) is 12.9. The third kappa shape index (κ3) is 4.74. The zero-order valence-corrected chi connectivity index (χ0v) is 21.7. The lowest BCUT2D eigenvalue weighted by Crippen LogP contribution is -2.29. The molecule has 5 rings (SSSR count). The Kier molecular flexibility index (Phi) is 7.13. The van der Waals surface area contributed by atoms with Crippen molar-refractivity contribution in [3.63, 3.8) is 0 Å². The minimum Gasteiger partial charge on any atom is -0.507 e. The molecule has 1 amide bonds. The number of nitrogens with zero attached hydrogens (tertiary/aromatic N) is 1. The van der Waals surface area contributed by atoms with E-state index in [0.29, 0.717) is 48.0 Å². The second-order valence-corrected chi connectivity index (χ2v) is 9.45. The van der Waals surface area contributed by atoms with E-state index in [-0.39, 0.29) is 24.0 Å². The molecule has 2 aromatic carbocycles. The van der Waals surface area contributed by atoms with Crippen LogP contribution in [0.4, 0.5) is 0 Å². The van der Waals surface area contributed by atoms with Gasteiger partial charge in [0.2, 0.25) is 0 Å². The number of ether oxygens (including phenoxy) is 3. The average molecular weight is 518 g/mol. The third-order valence-corrected chi connectivity index (χ3v) is 6.66. The summed E-state index contributed by atoms with van der Waals surface area (Å²) in [6.45, 7) is 6.86. The van der Waals surface area contributed by atoms with Gasteiger partial charge < -0.3 is 28.6 Å². The van der Waals surface area contributed by atoms with Crippen LogP contribution < -0.4 is 14.2 Å². The maximum Gasteiger partial charge on any atom is 0.296 e. The van der Waals surface area contributed by atoms with E-state index in [1.54, 1.807) is 42.5 Å².